The SMILES string of the molecule is COc1cc([C@H](C)N)ccc1OCc1cc(Cl)ccc1Cl. The van der Waals surface area contributed by atoms with Crippen molar-refractivity contribution in [2.45, 2.75) is 19.6 Å². The number of ether oxygens (including phenoxy) is 2. The Bertz CT molecular complexity index is 630. The monoisotopic (exact) mass is 325 g/mol. The van der Waals surface area contributed by atoms with E-state index in [1.165, 1.54) is 0 Å². The summed E-state index contributed by atoms with van der Waals surface area (Å²) in [6, 6.07) is 10.9. The van der Waals surface area contributed by atoms with Gasteiger partial charge in [0.25, 0.3) is 0 Å². The fraction of sp³-hybridized carbons (Fsp3) is 0.250. The molecule has 5 heteroatoms. The van der Waals surface area contributed by atoms with Gasteiger partial charge in [-0.15, -0.1) is 0 Å². The first-order chi connectivity index (χ1) is 10.0. The van der Waals surface area contributed by atoms with E-state index in [4.69, 9.17) is 38.4 Å². The molecule has 0 aliphatic rings. The average molecular weight is 326 g/mol. The maximum Gasteiger partial charge on any atom is 0.161 e. The van der Waals surface area contributed by atoms with Crippen molar-refractivity contribution in [3.63, 3.8) is 0 Å². The molecule has 2 rings (SSSR count). The summed E-state index contributed by atoms with van der Waals surface area (Å²) in [5.41, 5.74) is 7.67. The maximum absolute atomic E-state index is 6.12. The molecule has 0 aromatic heterocycles. The summed E-state index contributed by atoms with van der Waals surface area (Å²) in [4.78, 5) is 0. The molecule has 0 aliphatic carbocycles. The molecule has 3 nitrogen and oxygen atoms in total. The van der Waals surface area contributed by atoms with E-state index in [-0.39, 0.29) is 6.04 Å². The molecule has 2 aromatic carbocycles. The number of nitrogens with two attached hydrogens (primary N) is 1. The van der Waals surface area contributed by atoms with E-state index in [9.17, 15) is 0 Å². The maximum atomic E-state index is 6.12. The van der Waals surface area contributed by atoms with Gasteiger partial charge in [0.05, 0.1) is 7.11 Å². The van der Waals surface area contributed by atoms with Crippen molar-refractivity contribution in [1.82, 2.24) is 0 Å². The Kier molecular flexibility index (Phi) is 5.34. The van der Waals surface area contributed by atoms with Crippen LogP contribution in [0.2, 0.25) is 10.0 Å². The second kappa shape index (κ2) is 7.03. The van der Waals surface area contributed by atoms with Crippen LogP contribution in [0.1, 0.15) is 24.1 Å². The standard InChI is InChI=1S/C16H17Cl2NO2/c1-10(19)11-3-6-15(16(8-11)20-2)21-9-12-7-13(17)4-5-14(12)18/h3-8,10H,9,19H2,1-2H3/t10-/m0/s1. The van der Waals surface area contributed by atoms with Crippen molar-refractivity contribution < 1.29 is 9.47 Å². The molecule has 0 fully saturated rings. The predicted molar refractivity (Wildman–Crippen MR) is 86.4 cm³/mol. The highest BCUT2D eigenvalue weighted by atomic mass is 35.5. The molecule has 0 bridgehead atoms. The van der Waals surface area contributed by atoms with Crippen LogP contribution in [0.25, 0.3) is 0 Å². The summed E-state index contributed by atoms with van der Waals surface area (Å²) in [5, 5.41) is 1.24. The van der Waals surface area contributed by atoms with E-state index in [0.717, 1.165) is 11.1 Å². The molecule has 2 N–H and O–H groups in total. The molecule has 0 radical (unpaired) electrons. The van der Waals surface area contributed by atoms with Crippen LogP contribution in [-0.2, 0) is 6.61 Å². The van der Waals surface area contributed by atoms with E-state index >= 15 is 0 Å². The Balaban J connectivity index is 2.18. The van der Waals surface area contributed by atoms with Crippen LogP contribution in [0.15, 0.2) is 36.4 Å². The topological polar surface area (TPSA) is 44.5 Å². The van der Waals surface area contributed by atoms with Gasteiger partial charge in [-0.1, -0.05) is 29.3 Å². The highest BCUT2D eigenvalue weighted by molar-refractivity contribution is 6.33. The zero-order valence-electron chi connectivity index (χ0n) is 11.9. The molecule has 0 spiro atoms. The highest BCUT2D eigenvalue weighted by Crippen LogP contribution is 2.31. The molecular formula is C16H17Cl2NO2. The van der Waals surface area contributed by atoms with Gasteiger partial charge in [-0.3, -0.25) is 0 Å². The first-order valence-corrected chi connectivity index (χ1v) is 7.27. The Morgan fingerprint density at radius 1 is 1.10 bits per heavy atom. The first kappa shape index (κ1) is 16.0. The Hall–Kier alpha value is -1.42. The van der Waals surface area contributed by atoms with Crippen LogP contribution >= 0.6 is 23.2 Å². The fourth-order valence-corrected chi connectivity index (χ4v) is 2.26. The molecule has 0 aliphatic heterocycles. The van der Waals surface area contributed by atoms with E-state index in [0.29, 0.717) is 28.2 Å². The number of halogens is 2. The Morgan fingerprint density at radius 3 is 2.52 bits per heavy atom. The van der Waals surface area contributed by atoms with Crippen molar-refractivity contribution in [3.8, 4) is 11.5 Å². The molecule has 0 amide bonds. The average Bonchev–Trinajstić information content (AvgIpc) is 2.47. The summed E-state index contributed by atoms with van der Waals surface area (Å²) < 4.78 is 11.1. The van der Waals surface area contributed by atoms with E-state index in [1.807, 2.05) is 25.1 Å². The second-order valence-corrected chi connectivity index (χ2v) is 5.57. The number of hydrogen-bond donors (Lipinski definition) is 1. The molecule has 1 atom stereocenters. The van der Waals surface area contributed by atoms with Gasteiger partial charge in [0, 0.05) is 21.7 Å². The van der Waals surface area contributed by atoms with Gasteiger partial charge in [0.15, 0.2) is 11.5 Å². The van der Waals surface area contributed by atoms with Gasteiger partial charge in [-0.05, 0) is 42.8 Å². The lowest BCUT2D eigenvalue weighted by Crippen LogP contribution is -2.06. The molecule has 0 unspecified atom stereocenters. The Morgan fingerprint density at radius 2 is 1.86 bits per heavy atom. The van der Waals surface area contributed by atoms with E-state index < -0.39 is 0 Å². The Labute approximate surface area is 134 Å². The minimum atomic E-state index is -0.0599. The number of benzene rings is 2. The third-order valence-corrected chi connectivity index (χ3v) is 3.71. The van der Waals surface area contributed by atoms with Crippen molar-refractivity contribution in [3.05, 3.63) is 57.6 Å². The number of hydrogen-bond acceptors (Lipinski definition) is 3. The normalized spacial score (nSPS) is 12.0. The quantitative estimate of drug-likeness (QED) is 0.873. The lowest BCUT2D eigenvalue weighted by molar-refractivity contribution is 0.284. The lowest BCUT2D eigenvalue weighted by Gasteiger charge is -2.14. The fourth-order valence-electron chi connectivity index (χ4n) is 1.90. The van der Waals surface area contributed by atoms with Crippen LogP contribution in [0.5, 0.6) is 11.5 Å². The molecule has 21 heavy (non-hydrogen) atoms. The molecule has 0 saturated heterocycles. The molecule has 112 valence electrons. The first-order valence-electron chi connectivity index (χ1n) is 6.51. The van der Waals surface area contributed by atoms with Gasteiger partial charge in [0.2, 0.25) is 0 Å². The van der Waals surface area contributed by atoms with Crippen LogP contribution in [-0.4, -0.2) is 7.11 Å². The summed E-state index contributed by atoms with van der Waals surface area (Å²) >= 11 is 12.1. The second-order valence-electron chi connectivity index (χ2n) is 4.72. The molecule has 2 aromatic rings. The van der Waals surface area contributed by atoms with Crippen LogP contribution in [0, 0.1) is 0 Å². The smallest absolute Gasteiger partial charge is 0.161 e. The van der Waals surface area contributed by atoms with Gasteiger partial charge in [0.1, 0.15) is 6.61 Å². The minimum Gasteiger partial charge on any atom is -0.493 e. The number of rotatable bonds is 5. The van der Waals surface area contributed by atoms with Crippen molar-refractivity contribution >= 4 is 23.2 Å². The zero-order chi connectivity index (χ0) is 15.4. The lowest BCUT2D eigenvalue weighted by atomic mass is 10.1. The van der Waals surface area contributed by atoms with Crippen LogP contribution < -0.4 is 15.2 Å². The zero-order valence-corrected chi connectivity index (χ0v) is 13.4. The van der Waals surface area contributed by atoms with Crippen molar-refractivity contribution in [1.29, 1.82) is 0 Å². The van der Waals surface area contributed by atoms with Gasteiger partial charge < -0.3 is 15.2 Å². The third kappa shape index (κ3) is 4.03. The largest absolute Gasteiger partial charge is 0.493 e. The van der Waals surface area contributed by atoms with Crippen LogP contribution in [0.3, 0.4) is 0 Å². The van der Waals surface area contributed by atoms with Gasteiger partial charge >= 0.3 is 0 Å². The van der Waals surface area contributed by atoms with Crippen LogP contribution in [0.4, 0.5) is 0 Å². The summed E-state index contributed by atoms with van der Waals surface area (Å²) in [5.74, 6) is 1.28. The summed E-state index contributed by atoms with van der Waals surface area (Å²) in [6.45, 7) is 2.23. The molecular weight excluding hydrogens is 309 g/mol. The number of methoxy groups -OCH3 is 1. The van der Waals surface area contributed by atoms with E-state index in [1.54, 1.807) is 25.3 Å². The van der Waals surface area contributed by atoms with E-state index in [2.05, 4.69) is 0 Å². The molecule has 0 heterocycles. The highest BCUT2D eigenvalue weighted by Gasteiger charge is 2.09. The van der Waals surface area contributed by atoms with Crippen molar-refractivity contribution in [2.24, 2.45) is 5.73 Å². The predicted octanol–water partition coefficient (Wildman–Crippen LogP) is 4.60. The van der Waals surface area contributed by atoms with Gasteiger partial charge in [-0.2, -0.15) is 0 Å². The summed E-state index contributed by atoms with van der Waals surface area (Å²) in [7, 11) is 1.60. The molecule has 0 saturated carbocycles. The van der Waals surface area contributed by atoms with Crippen molar-refractivity contribution in [2.75, 3.05) is 7.11 Å². The third-order valence-electron chi connectivity index (χ3n) is 3.10. The minimum absolute atomic E-state index is 0.0599. The summed E-state index contributed by atoms with van der Waals surface area (Å²) in [6.07, 6.45) is 0. The van der Waals surface area contributed by atoms with Gasteiger partial charge in [-0.25, -0.2) is 0 Å².